The molecular weight excluding hydrogens is 188 g/mol. The van der Waals surface area contributed by atoms with Gasteiger partial charge in [-0.3, -0.25) is 19.7 Å². The highest BCUT2D eigenvalue weighted by atomic mass is 16.3. The lowest BCUT2D eigenvalue weighted by molar-refractivity contribution is -0.145. The van der Waals surface area contributed by atoms with Crippen molar-refractivity contribution in [3.05, 3.63) is 0 Å². The lowest BCUT2D eigenvalue weighted by Gasteiger charge is -2.25. The lowest BCUT2D eigenvalue weighted by Crippen LogP contribution is -2.53. The van der Waals surface area contributed by atoms with Crippen LogP contribution < -0.4 is 5.32 Å². The van der Waals surface area contributed by atoms with Crippen molar-refractivity contribution >= 4 is 17.7 Å². The average Bonchev–Trinajstić information content (AvgIpc) is 2.12. The number of aliphatic hydroxyl groups is 1. The van der Waals surface area contributed by atoms with E-state index in [1.807, 2.05) is 0 Å². The highest BCUT2D eigenvalue weighted by molar-refractivity contribution is 6.02. The fraction of sp³-hybridized carbons (Fsp3) is 0.625. The molecule has 0 atom stereocenters. The van der Waals surface area contributed by atoms with Crippen LogP contribution in [-0.2, 0) is 14.4 Å². The van der Waals surface area contributed by atoms with Crippen molar-refractivity contribution in [1.82, 2.24) is 10.2 Å². The number of imide groups is 1. The zero-order chi connectivity index (χ0) is 10.6. The highest BCUT2D eigenvalue weighted by Gasteiger charge is 2.25. The van der Waals surface area contributed by atoms with Crippen molar-refractivity contribution in [3.8, 4) is 0 Å². The molecule has 0 aromatic carbocycles. The Kier molecular flexibility index (Phi) is 3.58. The molecule has 0 aromatic heterocycles. The van der Waals surface area contributed by atoms with Gasteiger partial charge in [0.25, 0.3) is 0 Å². The van der Waals surface area contributed by atoms with Crippen molar-refractivity contribution in [1.29, 1.82) is 0 Å². The zero-order valence-corrected chi connectivity index (χ0v) is 7.65. The second-order valence-electron chi connectivity index (χ2n) is 3.05. The first-order valence-electron chi connectivity index (χ1n) is 4.35. The van der Waals surface area contributed by atoms with Crippen LogP contribution >= 0.6 is 0 Å². The SMILES string of the molecule is O=C1CN(C(=O)CCCO)CC(=O)N1. The Balaban J connectivity index is 2.46. The molecule has 6 nitrogen and oxygen atoms in total. The number of nitrogens with zero attached hydrogens (tertiary/aromatic N) is 1. The van der Waals surface area contributed by atoms with E-state index >= 15 is 0 Å². The van der Waals surface area contributed by atoms with E-state index in [1.165, 1.54) is 4.90 Å². The number of hydrogen-bond acceptors (Lipinski definition) is 4. The van der Waals surface area contributed by atoms with Gasteiger partial charge in [-0.05, 0) is 6.42 Å². The van der Waals surface area contributed by atoms with Crippen LogP contribution in [0.25, 0.3) is 0 Å². The van der Waals surface area contributed by atoms with Gasteiger partial charge in [-0.1, -0.05) is 0 Å². The molecule has 14 heavy (non-hydrogen) atoms. The van der Waals surface area contributed by atoms with Gasteiger partial charge in [-0.25, -0.2) is 0 Å². The van der Waals surface area contributed by atoms with E-state index < -0.39 is 11.8 Å². The molecule has 0 spiro atoms. The third kappa shape index (κ3) is 2.81. The molecule has 78 valence electrons. The number of aliphatic hydroxyl groups excluding tert-OH is 1. The molecule has 6 heteroatoms. The van der Waals surface area contributed by atoms with Gasteiger partial charge >= 0.3 is 0 Å². The van der Waals surface area contributed by atoms with Crippen LogP contribution in [0.2, 0.25) is 0 Å². The molecule has 1 aliphatic heterocycles. The number of carbonyl (C=O) groups is 3. The molecular formula is C8H12N2O4. The van der Waals surface area contributed by atoms with Crippen LogP contribution in [0.3, 0.4) is 0 Å². The van der Waals surface area contributed by atoms with Gasteiger partial charge < -0.3 is 10.0 Å². The van der Waals surface area contributed by atoms with E-state index in [0.29, 0.717) is 6.42 Å². The van der Waals surface area contributed by atoms with Gasteiger partial charge in [0.15, 0.2) is 0 Å². The number of amides is 3. The van der Waals surface area contributed by atoms with Gasteiger partial charge in [0.1, 0.15) is 13.1 Å². The van der Waals surface area contributed by atoms with Crippen LogP contribution in [-0.4, -0.2) is 47.4 Å². The fourth-order valence-electron chi connectivity index (χ4n) is 1.20. The largest absolute Gasteiger partial charge is 0.396 e. The quantitative estimate of drug-likeness (QED) is 0.528. The second kappa shape index (κ2) is 4.71. The Morgan fingerprint density at radius 1 is 1.36 bits per heavy atom. The third-order valence-corrected chi connectivity index (χ3v) is 1.85. The molecule has 0 saturated carbocycles. The van der Waals surface area contributed by atoms with Crippen molar-refractivity contribution in [2.45, 2.75) is 12.8 Å². The summed E-state index contributed by atoms with van der Waals surface area (Å²) in [6, 6.07) is 0. The summed E-state index contributed by atoms with van der Waals surface area (Å²) in [5.41, 5.74) is 0. The molecule has 1 rings (SSSR count). The molecule has 0 aromatic rings. The Hall–Kier alpha value is -1.43. The van der Waals surface area contributed by atoms with Gasteiger partial charge in [-0.2, -0.15) is 0 Å². The van der Waals surface area contributed by atoms with Gasteiger partial charge in [0, 0.05) is 13.0 Å². The monoisotopic (exact) mass is 200 g/mol. The number of carbonyl (C=O) groups excluding carboxylic acids is 3. The Bertz CT molecular complexity index is 248. The van der Waals surface area contributed by atoms with Crippen molar-refractivity contribution in [2.24, 2.45) is 0 Å². The Morgan fingerprint density at radius 2 is 1.93 bits per heavy atom. The summed E-state index contributed by atoms with van der Waals surface area (Å²) in [6.07, 6.45) is 0.516. The molecule has 0 aliphatic carbocycles. The topological polar surface area (TPSA) is 86.7 Å². The fourth-order valence-corrected chi connectivity index (χ4v) is 1.20. The second-order valence-corrected chi connectivity index (χ2v) is 3.05. The summed E-state index contributed by atoms with van der Waals surface area (Å²) in [5, 5.41) is 10.6. The standard InChI is InChI=1S/C8H12N2O4/c11-3-1-2-8(14)10-4-6(12)9-7(13)5-10/h11H,1-5H2,(H,9,12,13). The summed E-state index contributed by atoms with van der Waals surface area (Å²) in [5.74, 6) is -1.19. The predicted octanol–water partition coefficient (Wildman–Crippen LogP) is -1.76. The normalized spacial score (nSPS) is 16.8. The van der Waals surface area contributed by atoms with Gasteiger partial charge in [0.05, 0.1) is 0 Å². The summed E-state index contributed by atoms with van der Waals surface area (Å²) < 4.78 is 0. The number of rotatable bonds is 3. The number of piperazine rings is 1. The molecule has 0 radical (unpaired) electrons. The van der Waals surface area contributed by atoms with E-state index in [9.17, 15) is 14.4 Å². The number of nitrogens with one attached hydrogen (secondary N) is 1. The highest BCUT2D eigenvalue weighted by Crippen LogP contribution is 2.00. The average molecular weight is 200 g/mol. The summed E-state index contributed by atoms with van der Waals surface area (Å²) in [7, 11) is 0. The molecule has 0 unspecified atom stereocenters. The van der Waals surface area contributed by atoms with Crippen LogP contribution in [0.15, 0.2) is 0 Å². The smallest absolute Gasteiger partial charge is 0.246 e. The minimum atomic E-state index is -0.460. The number of hydrogen-bond donors (Lipinski definition) is 2. The zero-order valence-electron chi connectivity index (χ0n) is 7.65. The molecule has 2 N–H and O–H groups in total. The maximum absolute atomic E-state index is 11.3. The first-order valence-corrected chi connectivity index (χ1v) is 4.35. The summed E-state index contributed by atoms with van der Waals surface area (Å²) in [6.45, 7) is -0.217. The third-order valence-electron chi connectivity index (χ3n) is 1.85. The lowest BCUT2D eigenvalue weighted by atomic mass is 10.2. The van der Waals surface area contributed by atoms with Crippen LogP contribution in [0.1, 0.15) is 12.8 Å². The van der Waals surface area contributed by atoms with Crippen LogP contribution in [0, 0.1) is 0 Å². The van der Waals surface area contributed by atoms with E-state index in [4.69, 9.17) is 5.11 Å². The summed E-state index contributed by atoms with van der Waals surface area (Å²) >= 11 is 0. The van der Waals surface area contributed by atoms with Gasteiger partial charge in [-0.15, -0.1) is 0 Å². The molecule has 1 heterocycles. The minimum Gasteiger partial charge on any atom is -0.396 e. The minimum absolute atomic E-state index is 0.0697. The van der Waals surface area contributed by atoms with Crippen LogP contribution in [0.4, 0.5) is 0 Å². The van der Waals surface area contributed by atoms with E-state index in [-0.39, 0.29) is 32.0 Å². The molecule has 1 aliphatic rings. The first kappa shape index (κ1) is 10.6. The van der Waals surface area contributed by atoms with Crippen LogP contribution in [0.5, 0.6) is 0 Å². The van der Waals surface area contributed by atoms with Crippen molar-refractivity contribution < 1.29 is 19.5 Å². The Labute approximate surface area is 80.9 Å². The van der Waals surface area contributed by atoms with E-state index in [0.717, 1.165) is 0 Å². The van der Waals surface area contributed by atoms with E-state index in [1.54, 1.807) is 0 Å². The maximum Gasteiger partial charge on any atom is 0.246 e. The molecule has 3 amide bonds. The first-order chi connectivity index (χ1) is 6.63. The molecule has 1 saturated heterocycles. The predicted molar refractivity (Wildman–Crippen MR) is 46.0 cm³/mol. The van der Waals surface area contributed by atoms with Gasteiger partial charge in [0.2, 0.25) is 17.7 Å². The molecule has 1 fully saturated rings. The van der Waals surface area contributed by atoms with Crippen molar-refractivity contribution in [3.63, 3.8) is 0 Å². The molecule has 0 bridgehead atoms. The van der Waals surface area contributed by atoms with E-state index in [2.05, 4.69) is 5.32 Å². The summed E-state index contributed by atoms with van der Waals surface area (Å²) in [4.78, 5) is 34.3. The Morgan fingerprint density at radius 3 is 2.43 bits per heavy atom. The maximum atomic E-state index is 11.3. The van der Waals surface area contributed by atoms with Crippen molar-refractivity contribution in [2.75, 3.05) is 19.7 Å².